The summed E-state index contributed by atoms with van der Waals surface area (Å²) in [5.74, 6) is -3.56. The summed E-state index contributed by atoms with van der Waals surface area (Å²) in [7, 11) is 8.12. The standard InChI is InChI=1S/C81H105ClN20O17S/c1-52-53(2)120-81-71(52)72(56-13-15-57(82)16-14-56)94-62(73(84)102(81)54(3)83)47-70(106)90-58-17-11-55(12-18-58)10-9-28-112-30-32-114-34-36-116-38-40-118-42-43-119-41-39-117-37-35-115-33-31-113-29-26-85-67(103)19-22-87-76(107)63-44-59(48-98(63)5)91-68(104)20-23-88-77(108)65-46-61(50-100(65)7)93-80(111)75-96-66(51-101(75)8)95-69(105)21-24-89-78(109)64-45-60(49-99(64)6)92-79(110)74-86-25-27-97(74)4/h11-18,25,27,44-46,48-51,62,83-84H,9-10,19-24,26,28-43,47H2,1-8H3,(H,85,103)(H,87,107)(H,88,108)(H,89,109)(H,90,106)(H,91,104)(H,92,110)(H,93,111)(H,95,105)/t62-/m0/s1. The van der Waals surface area contributed by atoms with Gasteiger partial charge >= 0.3 is 0 Å². The third kappa shape index (κ3) is 28.6. The van der Waals surface area contributed by atoms with E-state index >= 15 is 0 Å². The molecule has 8 aromatic rings. The minimum atomic E-state index is -0.834. The number of anilines is 6. The molecule has 0 aliphatic carbocycles. The molecule has 6 aromatic heterocycles. The molecule has 644 valence electrons. The van der Waals surface area contributed by atoms with Gasteiger partial charge in [0.2, 0.25) is 29.5 Å². The van der Waals surface area contributed by atoms with Crippen LogP contribution in [0.2, 0.25) is 5.02 Å². The number of imidazole rings is 2. The zero-order valence-electron chi connectivity index (χ0n) is 68.5. The van der Waals surface area contributed by atoms with Crippen molar-refractivity contribution in [1.82, 2.24) is 54.1 Å². The van der Waals surface area contributed by atoms with Gasteiger partial charge in [-0.15, -0.1) is 11.3 Å². The fourth-order valence-electron chi connectivity index (χ4n) is 12.2. The summed E-state index contributed by atoms with van der Waals surface area (Å²) in [5, 5.41) is 43.6. The normalized spacial score (nSPS) is 12.5. The quantitative estimate of drug-likeness (QED) is 0.0109. The number of ether oxygens (including phenoxy) is 8. The van der Waals surface area contributed by atoms with Crippen molar-refractivity contribution in [1.29, 1.82) is 10.8 Å². The molecule has 9 rings (SSSR count). The number of hydrogen-bond acceptors (Lipinski definition) is 23. The van der Waals surface area contributed by atoms with E-state index in [1.165, 1.54) is 66.4 Å². The number of halogens is 1. The number of nitrogens with zero attached hydrogens (tertiary/aromatic N) is 9. The number of rotatable bonds is 50. The first-order valence-corrected chi connectivity index (χ1v) is 40.2. The van der Waals surface area contributed by atoms with Crippen LogP contribution >= 0.6 is 22.9 Å². The van der Waals surface area contributed by atoms with Crippen molar-refractivity contribution < 1.29 is 81.0 Å². The SMILES string of the molecule is CC(=N)N1C(=N)[C@H](CC(=O)Nc2ccc(CCCOCCOCCOCCOCCOCCOCCOCCOCCNC(=O)CCNC(=O)c3cc(NC(=O)CCNC(=O)c4cc(NC(=O)c5nc(NC(=O)CCNC(=O)c6cc(NC(=O)c7nccn7C)cn6C)cn5C)cn4C)cn3C)cc2)N=C(c2ccc(Cl)cc2)c2c1sc(C)c2C. The molecule has 9 amide bonds. The summed E-state index contributed by atoms with van der Waals surface area (Å²) in [6.07, 6.45) is 10.5. The van der Waals surface area contributed by atoms with Crippen LogP contribution in [0.25, 0.3) is 0 Å². The van der Waals surface area contributed by atoms with Crippen LogP contribution in [0.4, 0.5) is 33.6 Å². The van der Waals surface area contributed by atoms with Crippen molar-refractivity contribution >= 4 is 127 Å². The second-order valence-corrected chi connectivity index (χ2v) is 29.3. The smallest absolute Gasteiger partial charge is 0.291 e. The Hall–Kier alpha value is -11.6. The maximum atomic E-state index is 13.5. The lowest BCUT2D eigenvalue weighted by Gasteiger charge is -2.24. The first kappa shape index (κ1) is 92.3. The fourth-order valence-corrected chi connectivity index (χ4v) is 13.6. The number of aromatic nitrogens is 7. The molecule has 1 aliphatic rings. The molecular weight excluding hydrogens is 1590 g/mol. The fraction of sp³-hybridized carbons (Fsp3) is 0.432. The van der Waals surface area contributed by atoms with Crippen molar-refractivity contribution in [2.45, 2.75) is 65.3 Å². The molecule has 37 nitrogen and oxygen atoms in total. The Bertz CT molecular complexity index is 4870. The van der Waals surface area contributed by atoms with Crippen LogP contribution in [0.15, 0.2) is 109 Å². The number of hydrogen-bond donors (Lipinski definition) is 11. The summed E-state index contributed by atoms with van der Waals surface area (Å²) in [5.41, 5.74) is 6.75. The highest BCUT2D eigenvalue weighted by atomic mass is 35.5. The Labute approximate surface area is 703 Å². The van der Waals surface area contributed by atoms with E-state index < -0.39 is 47.4 Å². The van der Waals surface area contributed by atoms with E-state index in [0.29, 0.717) is 127 Å². The molecule has 0 radical (unpaired) electrons. The number of carbonyl (C=O) groups is 9. The van der Waals surface area contributed by atoms with E-state index in [9.17, 15) is 48.6 Å². The van der Waals surface area contributed by atoms with Crippen LogP contribution in [0.3, 0.4) is 0 Å². The third-order valence-corrected chi connectivity index (χ3v) is 19.9. The molecule has 1 aliphatic heterocycles. The van der Waals surface area contributed by atoms with Gasteiger partial charge in [0.15, 0.2) is 11.6 Å². The predicted molar refractivity (Wildman–Crippen MR) is 453 cm³/mol. The molecule has 0 fully saturated rings. The number of nitrogens with one attached hydrogen (secondary N) is 11. The highest BCUT2D eigenvalue weighted by Crippen LogP contribution is 2.40. The molecule has 2 aromatic carbocycles. The van der Waals surface area contributed by atoms with E-state index in [1.54, 1.807) is 82.4 Å². The Morgan fingerprint density at radius 1 is 0.483 bits per heavy atom. The van der Waals surface area contributed by atoms with Crippen molar-refractivity contribution in [3.63, 3.8) is 0 Å². The molecule has 11 N–H and O–H groups in total. The van der Waals surface area contributed by atoms with Crippen LogP contribution in [-0.2, 0) is 98.7 Å². The van der Waals surface area contributed by atoms with Gasteiger partial charge in [-0.2, -0.15) is 0 Å². The van der Waals surface area contributed by atoms with E-state index in [-0.39, 0.29) is 122 Å². The number of aryl methyl sites for hydroxylation is 7. The van der Waals surface area contributed by atoms with Crippen molar-refractivity contribution in [2.24, 2.45) is 40.2 Å². The average molecular weight is 1700 g/mol. The minimum absolute atomic E-state index is 0.0210. The van der Waals surface area contributed by atoms with Crippen molar-refractivity contribution in [2.75, 3.05) is 163 Å². The third-order valence-electron chi connectivity index (χ3n) is 18.4. The molecule has 0 saturated carbocycles. The van der Waals surface area contributed by atoms with Gasteiger partial charge in [-0.05, 0) is 87.2 Å². The molecular formula is C81H105ClN20O17S. The van der Waals surface area contributed by atoms with Gasteiger partial charge in [0.05, 0.1) is 128 Å². The van der Waals surface area contributed by atoms with Crippen LogP contribution in [0, 0.1) is 24.7 Å². The summed E-state index contributed by atoms with van der Waals surface area (Å²) >= 11 is 7.74. The van der Waals surface area contributed by atoms with Gasteiger partial charge in [-0.3, -0.25) is 63.9 Å². The van der Waals surface area contributed by atoms with Gasteiger partial charge in [0.1, 0.15) is 39.8 Å². The number of aliphatic imine (C=N–C) groups is 1. The first-order chi connectivity index (χ1) is 57.8. The van der Waals surface area contributed by atoms with Crippen LogP contribution < -0.4 is 52.8 Å². The highest BCUT2D eigenvalue weighted by molar-refractivity contribution is 7.17. The molecule has 0 spiro atoms. The van der Waals surface area contributed by atoms with E-state index in [4.69, 9.17) is 59.9 Å². The largest absolute Gasteiger partial charge is 0.379 e. The molecule has 39 heteroatoms. The number of amidine groups is 2. The van der Waals surface area contributed by atoms with E-state index in [1.807, 2.05) is 50.2 Å². The lowest BCUT2D eigenvalue weighted by molar-refractivity contribution is -0.121. The van der Waals surface area contributed by atoms with Crippen molar-refractivity contribution in [3.8, 4) is 0 Å². The zero-order chi connectivity index (χ0) is 86.0. The monoisotopic (exact) mass is 1700 g/mol. The highest BCUT2D eigenvalue weighted by Gasteiger charge is 2.35. The van der Waals surface area contributed by atoms with Gasteiger partial charge in [-0.25, -0.2) is 9.97 Å². The van der Waals surface area contributed by atoms with Gasteiger partial charge in [0, 0.05) is 151 Å². The second kappa shape index (κ2) is 47.3. The molecule has 1 atom stereocenters. The van der Waals surface area contributed by atoms with Crippen molar-refractivity contribution in [3.05, 3.63) is 165 Å². The number of fused-ring (bicyclic) bond motifs is 1. The lowest BCUT2D eigenvalue weighted by Crippen LogP contribution is -2.41. The minimum Gasteiger partial charge on any atom is -0.379 e. The lowest BCUT2D eigenvalue weighted by atomic mass is 9.99. The molecule has 120 heavy (non-hydrogen) atoms. The van der Waals surface area contributed by atoms with Crippen LogP contribution in [-0.4, -0.2) is 241 Å². The maximum Gasteiger partial charge on any atom is 0.291 e. The molecule has 0 saturated heterocycles. The van der Waals surface area contributed by atoms with E-state index in [2.05, 4.69) is 57.8 Å². The number of amides is 9. The Kier molecular flexibility index (Phi) is 36.4. The Balaban J connectivity index is 0.504. The van der Waals surface area contributed by atoms with Crippen LogP contribution in [0.1, 0.15) is 119 Å². The topological polar surface area (TPSA) is 449 Å². The molecule has 0 unspecified atom stereocenters. The average Bonchev–Trinajstić information content (AvgIpc) is 1.60. The Morgan fingerprint density at radius 2 is 0.933 bits per heavy atom. The summed E-state index contributed by atoms with van der Waals surface area (Å²) in [6.45, 7) is 12.5. The number of benzene rings is 2. The Morgan fingerprint density at radius 3 is 1.42 bits per heavy atom. The second-order valence-electron chi connectivity index (χ2n) is 27.7. The van der Waals surface area contributed by atoms with Crippen LogP contribution in [0.5, 0.6) is 0 Å². The zero-order valence-corrected chi connectivity index (χ0v) is 70.1. The molecule has 7 heterocycles. The predicted octanol–water partition coefficient (Wildman–Crippen LogP) is 6.55. The number of thiophene rings is 1. The van der Waals surface area contributed by atoms with E-state index in [0.717, 1.165) is 45.0 Å². The molecule has 0 bridgehead atoms. The summed E-state index contributed by atoms with van der Waals surface area (Å²) < 4.78 is 52.3. The van der Waals surface area contributed by atoms with Gasteiger partial charge in [-0.1, -0.05) is 35.9 Å². The first-order valence-electron chi connectivity index (χ1n) is 39.0. The number of carbonyl (C=O) groups excluding carboxylic acids is 9. The summed E-state index contributed by atoms with van der Waals surface area (Å²) in [4.78, 5) is 133. The van der Waals surface area contributed by atoms with Gasteiger partial charge < -0.3 is 109 Å². The maximum absolute atomic E-state index is 13.5. The van der Waals surface area contributed by atoms with Gasteiger partial charge in [0.25, 0.3) is 29.5 Å². The summed E-state index contributed by atoms with van der Waals surface area (Å²) in [6, 6.07) is 18.6.